The summed E-state index contributed by atoms with van der Waals surface area (Å²) >= 11 is 0.731. The fourth-order valence-corrected chi connectivity index (χ4v) is 4.45. The molecule has 3 rings (SSSR count). The van der Waals surface area contributed by atoms with Gasteiger partial charge in [-0.1, -0.05) is 30.3 Å². The van der Waals surface area contributed by atoms with Crippen molar-refractivity contribution in [2.24, 2.45) is 0 Å². The van der Waals surface area contributed by atoms with E-state index < -0.39 is 21.0 Å². The summed E-state index contributed by atoms with van der Waals surface area (Å²) in [6.45, 7) is 5.74. The van der Waals surface area contributed by atoms with Crippen molar-refractivity contribution in [3.05, 3.63) is 65.2 Å². The molecule has 3 aromatic rings. The average Bonchev–Trinajstić information content (AvgIpc) is 3.31. The van der Waals surface area contributed by atoms with Crippen LogP contribution in [0.2, 0.25) is 0 Å². The van der Waals surface area contributed by atoms with Crippen LogP contribution >= 0.6 is 11.5 Å². The van der Waals surface area contributed by atoms with Gasteiger partial charge >= 0.3 is 0 Å². The molecule has 182 valence electrons. The van der Waals surface area contributed by atoms with Gasteiger partial charge in [0, 0.05) is 11.5 Å². The lowest BCUT2D eigenvalue weighted by Gasteiger charge is -2.10. The van der Waals surface area contributed by atoms with Gasteiger partial charge in [-0.2, -0.15) is 14.6 Å². The third-order valence-corrected chi connectivity index (χ3v) is 7.44. The van der Waals surface area contributed by atoms with Crippen molar-refractivity contribution in [1.82, 2.24) is 9.36 Å². The molecule has 1 amide bonds. The molecule has 0 saturated heterocycles. The number of hydrogen-bond acceptors (Lipinski definition) is 9. The van der Waals surface area contributed by atoms with Gasteiger partial charge in [-0.05, 0) is 56.2 Å². The van der Waals surface area contributed by atoms with Crippen molar-refractivity contribution >= 4 is 38.5 Å². The third-order valence-electron chi connectivity index (χ3n) is 4.76. The lowest BCUT2D eigenvalue weighted by atomic mass is 10.1. The summed E-state index contributed by atoms with van der Waals surface area (Å²) in [6.07, 6.45) is 1.41. The van der Waals surface area contributed by atoms with Gasteiger partial charge in [-0.25, -0.2) is 8.42 Å². The summed E-state index contributed by atoms with van der Waals surface area (Å²) in [5.74, 6) is 0.710. The predicted molar refractivity (Wildman–Crippen MR) is 133 cm³/mol. The minimum atomic E-state index is -3.66. The van der Waals surface area contributed by atoms with E-state index in [9.17, 15) is 18.5 Å². The smallest absolute Gasteiger partial charge is 0.268 e. The summed E-state index contributed by atoms with van der Waals surface area (Å²) in [6, 6.07) is 16.4. The fraction of sp³-hybridized carbons (Fsp3) is 0.250. The lowest BCUT2D eigenvalue weighted by molar-refractivity contribution is -0.112. The number of anilines is 1. The number of nitrogens with one attached hydrogen (secondary N) is 1. The van der Waals surface area contributed by atoms with E-state index in [1.54, 1.807) is 24.3 Å². The van der Waals surface area contributed by atoms with Gasteiger partial charge in [0.25, 0.3) is 11.1 Å². The highest BCUT2D eigenvalue weighted by Crippen LogP contribution is 2.20. The molecule has 0 aliphatic rings. The van der Waals surface area contributed by atoms with Crippen LogP contribution in [0, 0.1) is 18.3 Å². The summed E-state index contributed by atoms with van der Waals surface area (Å²) in [5.41, 5.74) is 1.49. The molecule has 0 radical (unpaired) electrons. The fourth-order valence-electron chi connectivity index (χ4n) is 2.76. The van der Waals surface area contributed by atoms with E-state index >= 15 is 0 Å². The number of sulfone groups is 1. The predicted octanol–water partition coefficient (Wildman–Crippen LogP) is 4.03. The zero-order valence-electron chi connectivity index (χ0n) is 19.4. The van der Waals surface area contributed by atoms with Crippen LogP contribution in [0.15, 0.2) is 59.3 Å². The number of para-hydroxylation sites is 1. The second kappa shape index (κ2) is 11.6. The topological polar surface area (TPSA) is 131 Å². The lowest BCUT2D eigenvalue weighted by Crippen LogP contribution is -2.16. The maximum atomic E-state index is 12.5. The summed E-state index contributed by atoms with van der Waals surface area (Å²) in [7, 11) is -3.66. The van der Waals surface area contributed by atoms with Crippen LogP contribution in [0.5, 0.6) is 11.5 Å². The first-order chi connectivity index (χ1) is 16.7. The van der Waals surface area contributed by atoms with Gasteiger partial charge in [0.1, 0.15) is 36.4 Å². The highest BCUT2D eigenvalue weighted by atomic mass is 32.2. The SMILES string of the molecule is Cc1ccccc1OCCOc1ccc(/C=C(/C#N)C(=O)Nc2nc(S(=O)(=O)C(C)C)ns2)cc1. The number of nitriles is 1. The maximum Gasteiger partial charge on any atom is 0.268 e. The van der Waals surface area contributed by atoms with E-state index in [0.717, 1.165) is 22.8 Å². The Morgan fingerprint density at radius 2 is 1.83 bits per heavy atom. The number of carbonyl (C=O) groups excluding carboxylic acids is 1. The van der Waals surface area contributed by atoms with Gasteiger partial charge < -0.3 is 9.47 Å². The van der Waals surface area contributed by atoms with E-state index in [1.807, 2.05) is 37.3 Å². The number of ether oxygens (including phenoxy) is 2. The zero-order chi connectivity index (χ0) is 25.4. The van der Waals surface area contributed by atoms with Gasteiger partial charge in [-0.15, -0.1) is 0 Å². The molecule has 0 bridgehead atoms. The summed E-state index contributed by atoms with van der Waals surface area (Å²) in [5, 5.41) is 10.8. The monoisotopic (exact) mass is 512 g/mol. The van der Waals surface area contributed by atoms with Crippen molar-refractivity contribution < 1.29 is 22.7 Å². The normalized spacial score (nSPS) is 11.7. The summed E-state index contributed by atoms with van der Waals surface area (Å²) < 4.78 is 39.4. The Hall–Kier alpha value is -3.75. The number of aromatic nitrogens is 2. The Balaban J connectivity index is 1.57. The second-order valence-electron chi connectivity index (χ2n) is 7.63. The first-order valence-electron chi connectivity index (χ1n) is 10.6. The number of aryl methyl sites for hydroxylation is 1. The van der Waals surface area contributed by atoms with Crippen LogP contribution < -0.4 is 14.8 Å². The molecule has 0 fully saturated rings. The molecular formula is C24H24N4O5S2. The number of rotatable bonds is 10. The molecule has 0 unspecified atom stereocenters. The Morgan fingerprint density at radius 1 is 1.14 bits per heavy atom. The van der Waals surface area contributed by atoms with Crippen molar-refractivity contribution in [3.8, 4) is 17.6 Å². The molecule has 0 atom stereocenters. The molecule has 11 heteroatoms. The molecule has 0 spiro atoms. The van der Waals surface area contributed by atoms with Crippen molar-refractivity contribution in [1.29, 1.82) is 5.26 Å². The molecule has 0 aliphatic heterocycles. The highest BCUT2D eigenvalue weighted by molar-refractivity contribution is 7.91. The zero-order valence-corrected chi connectivity index (χ0v) is 21.0. The van der Waals surface area contributed by atoms with E-state index in [0.29, 0.717) is 24.5 Å². The molecule has 0 aliphatic carbocycles. The molecule has 35 heavy (non-hydrogen) atoms. The maximum absolute atomic E-state index is 12.5. The number of carbonyl (C=O) groups is 1. The molecule has 0 saturated carbocycles. The van der Waals surface area contributed by atoms with Crippen molar-refractivity contribution in [2.75, 3.05) is 18.5 Å². The Labute approximate surface area is 208 Å². The minimum absolute atomic E-state index is 0.00737. The number of nitrogens with zero attached hydrogens (tertiary/aromatic N) is 3. The van der Waals surface area contributed by atoms with E-state index in [2.05, 4.69) is 14.7 Å². The molecule has 2 aromatic carbocycles. The number of benzene rings is 2. The Kier molecular flexibility index (Phi) is 8.57. The van der Waals surface area contributed by atoms with Crippen molar-refractivity contribution in [2.45, 2.75) is 31.2 Å². The number of amides is 1. The minimum Gasteiger partial charge on any atom is -0.490 e. The standard InChI is InChI=1S/C24H24N4O5S2/c1-16(2)35(30,31)24-27-23(34-28-24)26-22(29)19(15-25)14-18-8-10-20(11-9-18)32-12-13-33-21-7-5-4-6-17(21)3/h4-11,14,16H,12-13H2,1-3H3,(H,26,27,28,29)/b19-14-. The Bertz CT molecular complexity index is 1360. The number of hydrogen-bond donors (Lipinski definition) is 1. The molecule has 9 nitrogen and oxygen atoms in total. The first-order valence-corrected chi connectivity index (χ1v) is 12.9. The molecule has 1 N–H and O–H groups in total. The molecular weight excluding hydrogens is 488 g/mol. The average molecular weight is 513 g/mol. The van der Waals surface area contributed by atoms with Crippen LogP contribution in [0.3, 0.4) is 0 Å². The third kappa shape index (κ3) is 6.88. The van der Waals surface area contributed by atoms with Crippen LogP contribution in [-0.2, 0) is 14.6 Å². The van der Waals surface area contributed by atoms with Gasteiger partial charge in [0.2, 0.25) is 15.0 Å². The van der Waals surface area contributed by atoms with Gasteiger partial charge in [0.15, 0.2) is 0 Å². The van der Waals surface area contributed by atoms with Crippen LogP contribution in [-0.4, -0.2) is 42.1 Å². The van der Waals surface area contributed by atoms with E-state index in [1.165, 1.54) is 19.9 Å². The van der Waals surface area contributed by atoms with Crippen LogP contribution in [0.25, 0.3) is 6.08 Å². The first kappa shape index (κ1) is 25.9. The van der Waals surface area contributed by atoms with Crippen LogP contribution in [0.1, 0.15) is 25.0 Å². The Morgan fingerprint density at radius 3 is 2.49 bits per heavy atom. The van der Waals surface area contributed by atoms with E-state index in [4.69, 9.17) is 9.47 Å². The van der Waals surface area contributed by atoms with E-state index in [-0.39, 0.29) is 15.9 Å². The van der Waals surface area contributed by atoms with Gasteiger partial charge in [0.05, 0.1) is 5.25 Å². The largest absolute Gasteiger partial charge is 0.490 e. The van der Waals surface area contributed by atoms with Gasteiger partial charge in [-0.3, -0.25) is 10.1 Å². The van der Waals surface area contributed by atoms with Crippen LogP contribution in [0.4, 0.5) is 5.13 Å². The van der Waals surface area contributed by atoms with Crippen molar-refractivity contribution in [3.63, 3.8) is 0 Å². The second-order valence-corrected chi connectivity index (χ2v) is 10.8. The highest BCUT2D eigenvalue weighted by Gasteiger charge is 2.25. The molecule has 1 heterocycles. The summed E-state index contributed by atoms with van der Waals surface area (Å²) in [4.78, 5) is 16.3. The quantitative estimate of drug-likeness (QED) is 0.245. The molecule has 1 aromatic heterocycles.